The monoisotopic (exact) mass is 300 g/mol. The van der Waals surface area contributed by atoms with Crippen LogP contribution in [0.5, 0.6) is 5.75 Å². The molecule has 0 aliphatic heterocycles. The lowest BCUT2D eigenvalue weighted by Crippen LogP contribution is -2.30. The molecule has 1 unspecified atom stereocenters. The maximum atomic E-state index is 11.6. The van der Waals surface area contributed by atoms with Crippen molar-refractivity contribution >= 4 is 23.3 Å². The Morgan fingerprint density at radius 1 is 1.40 bits per heavy atom. The van der Waals surface area contributed by atoms with Crippen molar-refractivity contribution in [2.45, 2.75) is 39.4 Å². The number of benzene rings is 1. The van der Waals surface area contributed by atoms with Gasteiger partial charge >= 0.3 is 6.03 Å². The SMILES string of the molecule is CC(O)CCNC(=O)Nc1ccc(OC(C)C)c(Cl)c1. The van der Waals surface area contributed by atoms with E-state index in [-0.39, 0.29) is 12.1 Å². The molecule has 0 saturated carbocycles. The van der Waals surface area contributed by atoms with E-state index in [1.807, 2.05) is 13.8 Å². The number of carbonyl (C=O) groups is 1. The highest BCUT2D eigenvalue weighted by Gasteiger charge is 2.07. The van der Waals surface area contributed by atoms with Crippen LogP contribution in [0.3, 0.4) is 0 Å². The fourth-order valence-electron chi connectivity index (χ4n) is 1.50. The van der Waals surface area contributed by atoms with E-state index >= 15 is 0 Å². The molecule has 0 spiro atoms. The van der Waals surface area contributed by atoms with Crippen molar-refractivity contribution < 1.29 is 14.6 Å². The van der Waals surface area contributed by atoms with Gasteiger partial charge in [0.25, 0.3) is 0 Å². The van der Waals surface area contributed by atoms with E-state index in [9.17, 15) is 4.79 Å². The number of ether oxygens (including phenoxy) is 1. The first-order valence-electron chi connectivity index (χ1n) is 6.57. The molecule has 1 rings (SSSR count). The fourth-order valence-corrected chi connectivity index (χ4v) is 1.72. The molecule has 3 N–H and O–H groups in total. The predicted octanol–water partition coefficient (Wildman–Crippen LogP) is 3.02. The molecule has 0 aromatic heterocycles. The smallest absolute Gasteiger partial charge is 0.319 e. The Morgan fingerprint density at radius 3 is 2.65 bits per heavy atom. The third-order valence-electron chi connectivity index (χ3n) is 2.40. The summed E-state index contributed by atoms with van der Waals surface area (Å²) in [5.41, 5.74) is 0.584. The summed E-state index contributed by atoms with van der Waals surface area (Å²) in [6, 6.07) is 4.73. The molecule has 20 heavy (non-hydrogen) atoms. The first kappa shape index (κ1) is 16.6. The lowest BCUT2D eigenvalue weighted by molar-refractivity contribution is 0.184. The van der Waals surface area contributed by atoms with Crippen molar-refractivity contribution in [3.8, 4) is 5.75 Å². The minimum atomic E-state index is -0.433. The van der Waals surface area contributed by atoms with Gasteiger partial charge in [-0.2, -0.15) is 0 Å². The number of aliphatic hydroxyl groups excluding tert-OH is 1. The van der Waals surface area contributed by atoms with E-state index in [4.69, 9.17) is 21.4 Å². The van der Waals surface area contributed by atoms with Crippen LogP contribution in [0.25, 0.3) is 0 Å². The molecule has 0 radical (unpaired) electrons. The molecule has 0 fully saturated rings. The second-order valence-electron chi connectivity index (χ2n) is 4.83. The highest BCUT2D eigenvalue weighted by atomic mass is 35.5. The van der Waals surface area contributed by atoms with Crippen molar-refractivity contribution in [2.24, 2.45) is 0 Å². The van der Waals surface area contributed by atoms with Gasteiger partial charge < -0.3 is 20.5 Å². The predicted molar refractivity (Wildman–Crippen MR) is 80.5 cm³/mol. The number of nitrogens with one attached hydrogen (secondary N) is 2. The second-order valence-corrected chi connectivity index (χ2v) is 5.24. The molecular weight excluding hydrogens is 280 g/mol. The number of rotatable bonds is 6. The average molecular weight is 301 g/mol. The Labute approximate surface area is 124 Å². The molecule has 6 heteroatoms. The van der Waals surface area contributed by atoms with Crippen molar-refractivity contribution in [1.29, 1.82) is 0 Å². The summed E-state index contributed by atoms with van der Waals surface area (Å²) in [5, 5.41) is 14.8. The van der Waals surface area contributed by atoms with Gasteiger partial charge in [0.2, 0.25) is 0 Å². The molecule has 0 bridgehead atoms. The van der Waals surface area contributed by atoms with E-state index in [1.165, 1.54) is 0 Å². The number of hydrogen-bond acceptors (Lipinski definition) is 3. The summed E-state index contributed by atoms with van der Waals surface area (Å²) < 4.78 is 5.51. The van der Waals surface area contributed by atoms with E-state index in [0.717, 1.165) is 0 Å². The van der Waals surface area contributed by atoms with Gasteiger partial charge in [0.15, 0.2) is 0 Å². The van der Waals surface area contributed by atoms with Gasteiger partial charge in [-0.3, -0.25) is 0 Å². The number of halogens is 1. The van der Waals surface area contributed by atoms with Gasteiger partial charge in [-0.1, -0.05) is 11.6 Å². The highest BCUT2D eigenvalue weighted by Crippen LogP contribution is 2.28. The second kappa shape index (κ2) is 7.97. The van der Waals surface area contributed by atoms with E-state index in [2.05, 4.69) is 10.6 Å². The van der Waals surface area contributed by atoms with Gasteiger partial charge in [0.1, 0.15) is 5.75 Å². The summed E-state index contributed by atoms with van der Waals surface area (Å²) in [6.07, 6.45) is 0.113. The summed E-state index contributed by atoms with van der Waals surface area (Å²) in [4.78, 5) is 11.6. The molecule has 5 nitrogen and oxygen atoms in total. The maximum Gasteiger partial charge on any atom is 0.319 e. The van der Waals surface area contributed by atoms with E-state index < -0.39 is 6.10 Å². The molecule has 2 amide bonds. The first-order chi connectivity index (χ1) is 9.38. The van der Waals surface area contributed by atoms with Crippen LogP contribution in [0, 0.1) is 0 Å². The Kier molecular flexibility index (Phi) is 6.61. The summed E-state index contributed by atoms with van der Waals surface area (Å²) in [6.45, 7) is 5.91. The molecule has 1 atom stereocenters. The molecule has 0 aliphatic rings. The van der Waals surface area contributed by atoms with Crippen LogP contribution in [0.15, 0.2) is 18.2 Å². The van der Waals surface area contributed by atoms with Gasteiger partial charge in [0.05, 0.1) is 17.2 Å². The quantitative estimate of drug-likeness (QED) is 0.756. The Balaban J connectivity index is 2.52. The van der Waals surface area contributed by atoms with Crippen LogP contribution in [-0.4, -0.2) is 29.9 Å². The fraction of sp³-hybridized carbons (Fsp3) is 0.500. The number of hydrogen-bond donors (Lipinski definition) is 3. The Hall–Kier alpha value is -1.46. The minimum absolute atomic E-state index is 0.0371. The van der Waals surface area contributed by atoms with Crippen LogP contribution in [-0.2, 0) is 0 Å². The average Bonchev–Trinajstić information content (AvgIpc) is 2.31. The molecule has 0 aliphatic carbocycles. The minimum Gasteiger partial charge on any atom is -0.489 e. The van der Waals surface area contributed by atoms with Crippen molar-refractivity contribution in [3.63, 3.8) is 0 Å². The topological polar surface area (TPSA) is 70.6 Å². The summed E-state index contributed by atoms with van der Waals surface area (Å²) >= 11 is 6.07. The summed E-state index contributed by atoms with van der Waals surface area (Å²) in [7, 11) is 0. The zero-order chi connectivity index (χ0) is 15.1. The lowest BCUT2D eigenvalue weighted by atomic mass is 10.3. The van der Waals surface area contributed by atoms with Crippen molar-refractivity contribution in [1.82, 2.24) is 5.32 Å². The third kappa shape index (κ3) is 6.12. The molecule has 0 saturated heterocycles. The number of amides is 2. The zero-order valence-electron chi connectivity index (χ0n) is 11.9. The lowest BCUT2D eigenvalue weighted by Gasteiger charge is -2.13. The van der Waals surface area contributed by atoms with Gasteiger partial charge in [-0.05, 0) is 45.4 Å². The van der Waals surface area contributed by atoms with Crippen molar-refractivity contribution in [2.75, 3.05) is 11.9 Å². The largest absolute Gasteiger partial charge is 0.489 e. The maximum absolute atomic E-state index is 11.6. The number of anilines is 1. The standard InChI is InChI=1S/C14H21ClN2O3/c1-9(2)20-13-5-4-11(8-12(13)15)17-14(19)16-7-6-10(3)18/h4-5,8-10,18H,6-7H2,1-3H3,(H2,16,17,19). The first-order valence-corrected chi connectivity index (χ1v) is 6.95. The number of carbonyl (C=O) groups excluding carboxylic acids is 1. The van der Waals surface area contributed by atoms with Crippen LogP contribution in [0.4, 0.5) is 10.5 Å². The van der Waals surface area contributed by atoms with Crippen LogP contribution in [0.2, 0.25) is 5.02 Å². The normalized spacial score (nSPS) is 12.1. The Morgan fingerprint density at radius 2 is 2.10 bits per heavy atom. The van der Waals surface area contributed by atoms with Crippen LogP contribution < -0.4 is 15.4 Å². The van der Waals surface area contributed by atoms with Crippen molar-refractivity contribution in [3.05, 3.63) is 23.2 Å². The van der Waals surface area contributed by atoms with Crippen LogP contribution >= 0.6 is 11.6 Å². The van der Waals surface area contributed by atoms with E-state index in [0.29, 0.717) is 29.4 Å². The van der Waals surface area contributed by atoms with Gasteiger partial charge in [-0.15, -0.1) is 0 Å². The van der Waals surface area contributed by atoms with Gasteiger partial charge in [0, 0.05) is 12.2 Å². The highest BCUT2D eigenvalue weighted by molar-refractivity contribution is 6.32. The number of urea groups is 1. The molecular formula is C14H21ClN2O3. The van der Waals surface area contributed by atoms with Gasteiger partial charge in [-0.25, -0.2) is 4.79 Å². The molecule has 1 aromatic rings. The molecule has 1 aromatic carbocycles. The molecule has 112 valence electrons. The third-order valence-corrected chi connectivity index (χ3v) is 2.70. The van der Waals surface area contributed by atoms with E-state index in [1.54, 1.807) is 25.1 Å². The summed E-state index contributed by atoms with van der Waals surface area (Å²) in [5.74, 6) is 0.585. The zero-order valence-corrected chi connectivity index (χ0v) is 12.7. The van der Waals surface area contributed by atoms with Crippen LogP contribution in [0.1, 0.15) is 27.2 Å². The molecule has 0 heterocycles. The number of aliphatic hydroxyl groups is 1. The Bertz CT molecular complexity index is 450.